The summed E-state index contributed by atoms with van der Waals surface area (Å²) in [5.74, 6) is 0.121. The standard InChI is InChI=1S/C12H16ClNO/c1-9-5-6-10(11(13)8-9)12(15)4-3-7-14-2/h5-6,8,14H,3-4,7H2,1-2H3. The van der Waals surface area contributed by atoms with Crippen LogP contribution in [0.3, 0.4) is 0 Å². The highest BCUT2D eigenvalue weighted by Crippen LogP contribution is 2.19. The van der Waals surface area contributed by atoms with Crippen molar-refractivity contribution in [2.45, 2.75) is 19.8 Å². The van der Waals surface area contributed by atoms with Gasteiger partial charge in [0.05, 0.1) is 5.02 Å². The molecule has 0 saturated carbocycles. The second kappa shape index (κ2) is 5.89. The highest BCUT2D eigenvalue weighted by atomic mass is 35.5. The molecular formula is C12H16ClNO. The van der Waals surface area contributed by atoms with E-state index in [0.717, 1.165) is 18.5 Å². The molecule has 0 aliphatic rings. The van der Waals surface area contributed by atoms with E-state index in [0.29, 0.717) is 17.0 Å². The molecule has 0 aliphatic carbocycles. The van der Waals surface area contributed by atoms with Crippen molar-refractivity contribution in [3.8, 4) is 0 Å². The van der Waals surface area contributed by atoms with Gasteiger partial charge in [-0.25, -0.2) is 0 Å². The van der Waals surface area contributed by atoms with Crippen LogP contribution in [0.4, 0.5) is 0 Å². The summed E-state index contributed by atoms with van der Waals surface area (Å²) in [5.41, 5.74) is 1.71. The minimum atomic E-state index is 0.121. The highest BCUT2D eigenvalue weighted by molar-refractivity contribution is 6.34. The Morgan fingerprint density at radius 3 is 2.80 bits per heavy atom. The summed E-state index contributed by atoms with van der Waals surface area (Å²) in [4.78, 5) is 11.7. The molecule has 0 fully saturated rings. The van der Waals surface area contributed by atoms with E-state index in [-0.39, 0.29) is 5.78 Å². The number of hydrogen-bond donors (Lipinski definition) is 1. The van der Waals surface area contributed by atoms with Crippen molar-refractivity contribution in [1.29, 1.82) is 0 Å². The molecule has 0 amide bonds. The fourth-order valence-corrected chi connectivity index (χ4v) is 1.75. The first kappa shape index (κ1) is 12.2. The number of carbonyl (C=O) groups excluding carboxylic acids is 1. The molecule has 1 N–H and O–H groups in total. The number of carbonyl (C=O) groups is 1. The monoisotopic (exact) mass is 225 g/mol. The lowest BCUT2D eigenvalue weighted by Crippen LogP contribution is -2.10. The lowest BCUT2D eigenvalue weighted by Gasteiger charge is -2.04. The summed E-state index contributed by atoms with van der Waals surface area (Å²) >= 11 is 6.00. The Morgan fingerprint density at radius 2 is 2.20 bits per heavy atom. The second-order valence-corrected chi connectivity index (χ2v) is 4.02. The molecule has 82 valence electrons. The summed E-state index contributed by atoms with van der Waals surface area (Å²) in [7, 11) is 1.88. The minimum absolute atomic E-state index is 0.121. The van der Waals surface area contributed by atoms with Gasteiger partial charge in [-0.3, -0.25) is 4.79 Å². The third-order valence-electron chi connectivity index (χ3n) is 2.26. The highest BCUT2D eigenvalue weighted by Gasteiger charge is 2.09. The fourth-order valence-electron chi connectivity index (χ4n) is 1.41. The largest absolute Gasteiger partial charge is 0.320 e. The zero-order valence-electron chi connectivity index (χ0n) is 9.14. The third-order valence-corrected chi connectivity index (χ3v) is 2.57. The number of halogens is 1. The maximum absolute atomic E-state index is 11.7. The van der Waals surface area contributed by atoms with E-state index in [4.69, 9.17) is 11.6 Å². The van der Waals surface area contributed by atoms with Crippen molar-refractivity contribution in [2.75, 3.05) is 13.6 Å². The molecule has 3 heteroatoms. The summed E-state index contributed by atoms with van der Waals surface area (Å²) < 4.78 is 0. The van der Waals surface area contributed by atoms with Gasteiger partial charge < -0.3 is 5.32 Å². The van der Waals surface area contributed by atoms with Crippen molar-refractivity contribution in [1.82, 2.24) is 5.32 Å². The van der Waals surface area contributed by atoms with E-state index in [1.165, 1.54) is 0 Å². The quantitative estimate of drug-likeness (QED) is 0.617. The molecule has 2 nitrogen and oxygen atoms in total. The van der Waals surface area contributed by atoms with Gasteiger partial charge in [-0.05, 0) is 44.6 Å². The lowest BCUT2D eigenvalue weighted by atomic mass is 10.1. The minimum Gasteiger partial charge on any atom is -0.320 e. The first-order valence-corrected chi connectivity index (χ1v) is 5.47. The van der Waals surface area contributed by atoms with E-state index >= 15 is 0 Å². The van der Waals surface area contributed by atoms with E-state index in [9.17, 15) is 4.79 Å². The van der Waals surface area contributed by atoms with Crippen molar-refractivity contribution >= 4 is 17.4 Å². The summed E-state index contributed by atoms with van der Waals surface area (Å²) in [5, 5.41) is 3.57. The molecule has 0 aliphatic heterocycles. The summed E-state index contributed by atoms with van der Waals surface area (Å²) in [6.45, 7) is 2.82. The van der Waals surface area contributed by atoms with Crippen LogP contribution in [-0.4, -0.2) is 19.4 Å². The number of benzene rings is 1. The number of aryl methyl sites for hydroxylation is 1. The van der Waals surface area contributed by atoms with Gasteiger partial charge >= 0.3 is 0 Å². The lowest BCUT2D eigenvalue weighted by molar-refractivity contribution is 0.0980. The smallest absolute Gasteiger partial charge is 0.164 e. The van der Waals surface area contributed by atoms with Crippen LogP contribution < -0.4 is 5.32 Å². The van der Waals surface area contributed by atoms with Gasteiger partial charge in [-0.1, -0.05) is 17.7 Å². The van der Waals surface area contributed by atoms with Gasteiger partial charge in [0.1, 0.15) is 0 Å². The molecule has 1 rings (SSSR count). The Kier molecular flexibility index (Phi) is 4.79. The number of hydrogen-bond acceptors (Lipinski definition) is 2. The molecule has 0 aromatic heterocycles. The first-order valence-electron chi connectivity index (χ1n) is 5.09. The van der Waals surface area contributed by atoms with E-state index in [2.05, 4.69) is 5.32 Å². The molecule has 0 saturated heterocycles. The van der Waals surface area contributed by atoms with Gasteiger partial charge in [-0.15, -0.1) is 0 Å². The SMILES string of the molecule is CNCCCC(=O)c1ccc(C)cc1Cl. The van der Waals surface area contributed by atoms with Crippen LogP contribution >= 0.6 is 11.6 Å². The number of Topliss-reactive ketones (excluding diaryl/α,β-unsaturated/α-hetero) is 1. The molecule has 0 unspecified atom stereocenters. The van der Waals surface area contributed by atoms with Gasteiger partial charge in [0.2, 0.25) is 0 Å². The Balaban J connectivity index is 2.65. The Morgan fingerprint density at radius 1 is 1.47 bits per heavy atom. The summed E-state index contributed by atoms with van der Waals surface area (Å²) in [6.07, 6.45) is 1.39. The van der Waals surface area contributed by atoms with E-state index in [1.54, 1.807) is 6.07 Å². The predicted molar refractivity (Wildman–Crippen MR) is 63.7 cm³/mol. The van der Waals surface area contributed by atoms with Gasteiger partial charge in [0.25, 0.3) is 0 Å². The van der Waals surface area contributed by atoms with Gasteiger partial charge in [-0.2, -0.15) is 0 Å². The van der Waals surface area contributed by atoms with Crippen LogP contribution in [0.2, 0.25) is 5.02 Å². The molecule has 1 aromatic rings. The van der Waals surface area contributed by atoms with Crippen LogP contribution in [-0.2, 0) is 0 Å². The molecule has 0 spiro atoms. The van der Waals surface area contributed by atoms with Gasteiger partial charge in [0, 0.05) is 12.0 Å². The summed E-state index contributed by atoms with van der Waals surface area (Å²) in [6, 6.07) is 5.55. The average Bonchev–Trinajstić information content (AvgIpc) is 2.17. The van der Waals surface area contributed by atoms with Crippen molar-refractivity contribution in [3.05, 3.63) is 34.3 Å². The second-order valence-electron chi connectivity index (χ2n) is 3.61. The third kappa shape index (κ3) is 3.65. The predicted octanol–water partition coefficient (Wildman–Crippen LogP) is 2.83. The Bertz CT molecular complexity index is 349. The van der Waals surface area contributed by atoms with Crippen molar-refractivity contribution in [3.63, 3.8) is 0 Å². The van der Waals surface area contributed by atoms with Crippen LogP contribution in [0.1, 0.15) is 28.8 Å². The molecule has 0 heterocycles. The zero-order chi connectivity index (χ0) is 11.3. The van der Waals surface area contributed by atoms with E-state index < -0.39 is 0 Å². The van der Waals surface area contributed by atoms with Crippen LogP contribution in [0.25, 0.3) is 0 Å². The number of ketones is 1. The molecule has 1 aromatic carbocycles. The molecule has 0 bridgehead atoms. The van der Waals surface area contributed by atoms with Crippen molar-refractivity contribution < 1.29 is 4.79 Å². The topological polar surface area (TPSA) is 29.1 Å². The molecular weight excluding hydrogens is 210 g/mol. The molecule has 0 radical (unpaired) electrons. The maximum Gasteiger partial charge on any atom is 0.164 e. The average molecular weight is 226 g/mol. The Labute approximate surface area is 95.6 Å². The number of rotatable bonds is 5. The zero-order valence-corrected chi connectivity index (χ0v) is 9.90. The normalized spacial score (nSPS) is 10.3. The van der Waals surface area contributed by atoms with Crippen molar-refractivity contribution in [2.24, 2.45) is 0 Å². The molecule has 0 atom stereocenters. The van der Waals surface area contributed by atoms with Crippen LogP contribution in [0, 0.1) is 6.92 Å². The Hall–Kier alpha value is -0.860. The van der Waals surface area contributed by atoms with Crippen LogP contribution in [0.15, 0.2) is 18.2 Å². The maximum atomic E-state index is 11.7. The van der Waals surface area contributed by atoms with Gasteiger partial charge in [0.15, 0.2) is 5.78 Å². The van der Waals surface area contributed by atoms with Crippen LogP contribution in [0.5, 0.6) is 0 Å². The van der Waals surface area contributed by atoms with E-state index in [1.807, 2.05) is 26.1 Å². The fraction of sp³-hybridized carbons (Fsp3) is 0.417. The number of nitrogens with one attached hydrogen (secondary N) is 1. The first-order chi connectivity index (χ1) is 7.15. The molecule has 15 heavy (non-hydrogen) atoms.